The minimum atomic E-state index is -1.29. The zero-order valence-electron chi connectivity index (χ0n) is 24.1. The maximum absolute atomic E-state index is 13.3. The number of ether oxygens (including phenoxy) is 3. The van der Waals surface area contributed by atoms with Gasteiger partial charge < -0.3 is 19.1 Å². The van der Waals surface area contributed by atoms with Crippen LogP contribution >= 0.6 is 0 Å². The third-order valence-corrected chi connectivity index (χ3v) is 6.93. The van der Waals surface area contributed by atoms with Crippen molar-refractivity contribution in [3.63, 3.8) is 0 Å². The number of likely N-dealkylation sites (tertiary alicyclic amines) is 1. The van der Waals surface area contributed by atoms with Gasteiger partial charge in [-0.05, 0) is 12.0 Å². The van der Waals surface area contributed by atoms with Crippen LogP contribution in [0.4, 0.5) is 0 Å². The van der Waals surface area contributed by atoms with Crippen LogP contribution < -0.4 is 0 Å². The maximum Gasteiger partial charge on any atom is 0.303 e. The number of nitrogens with zero attached hydrogens (tertiary/aromatic N) is 4. The third kappa shape index (κ3) is 10.0. The summed E-state index contributed by atoms with van der Waals surface area (Å²) in [4.78, 5) is 38.3. The first-order valence-electron chi connectivity index (χ1n) is 14.6. The molecule has 220 valence electrons. The van der Waals surface area contributed by atoms with Crippen LogP contribution in [0.15, 0.2) is 36.5 Å². The van der Waals surface area contributed by atoms with Gasteiger partial charge in [-0.1, -0.05) is 100 Å². The highest BCUT2D eigenvalue weighted by atomic mass is 16.6. The van der Waals surface area contributed by atoms with Crippen molar-refractivity contribution < 1.29 is 28.6 Å². The van der Waals surface area contributed by atoms with Gasteiger partial charge in [0.25, 0.3) is 5.91 Å². The first-order chi connectivity index (χ1) is 19.4. The summed E-state index contributed by atoms with van der Waals surface area (Å²) in [6, 6.07) is 9.37. The predicted molar refractivity (Wildman–Crippen MR) is 149 cm³/mol. The van der Waals surface area contributed by atoms with Gasteiger partial charge in [0.2, 0.25) is 6.10 Å². The van der Waals surface area contributed by atoms with E-state index in [0.717, 1.165) is 24.9 Å². The molecule has 1 aromatic carbocycles. The zero-order valence-corrected chi connectivity index (χ0v) is 24.1. The van der Waals surface area contributed by atoms with Crippen molar-refractivity contribution in [1.29, 1.82) is 0 Å². The molecule has 1 aliphatic heterocycles. The van der Waals surface area contributed by atoms with Crippen molar-refractivity contribution in [2.45, 2.75) is 123 Å². The van der Waals surface area contributed by atoms with E-state index in [0.29, 0.717) is 5.69 Å². The number of aromatic nitrogens is 3. The quantitative estimate of drug-likeness (QED) is 0.187. The number of carbonyl (C=O) groups is 3. The highest BCUT2D eigenvalue weighted by Gasteiger charge is 2.53. The fourth-order valence-corrected chi connectivity index (χ4v) is 4.94. The van der Waals surface area contributed by atoms with Gasteiger partial charge in [-0.25, -0.2) is 0 Å². The monoisotopic (exact) mass is 556 g/mol. The Morgan fingerprint density at radius 2 is 1.50 bits per heavy atom. The second-order valence-electron chi connectivity index (χ2n) is 10.4. The van der Waals surface area contributed by atoms with E-state index in [-0.39, 0.29) is 13.2 Å². The number of hydrogen-bond donors (Lipinski definition) is 0. The summed E-state index contributed by atoms with van der Waals surface area (Å²) in [5, 5.41) is 8.43. The second kappa shape index (κ2) is 16.7. The Balaban J connectivity index is 1.54. The van der Waals surface area contributed by atoms with Crippen LogP contribution in [0.5, 0.6) is 0 Å². The summed E-state index contributed by atoms with van der Waals surface area (Å²) in [5.74, 6) is -1.74. The number of aryl methyl sites for hydroxylation is 1. The normalized spacial score (nSPS) is 18.7. The van der Waals surface area contributed by atoms with E-state index >= 15 is 0 Å². The standard InChI is InChI=1S/C30H44N4O6/c1-4-5-6-7-8-9-10-11-12-16-19-33-21-26(31-32-33)22-38-30-28(40-24(3)36)27(39-23(2)35)29(37)34(30)20-25-17-14-13-15-18-25/h13-15,17-18,21,27-28,30H,4-12,16,19-20,22H2,1-3H3/t27-,28+,30?/m0/s1. The smallest absolute Gasteiger partial charge is 0.303 e. The Labute approximate surface area is 237 Å². The van der Waals surface area contributed by atoms with Gasteiger partial charge in [-0.2, -0.15) is 0 Å². The Morgan fingerprint density at radius 3 is 2.12 bits per heavy atom. The summed E-state index contributed by atoms with van der Waals surface area (Å²) < 4.78 is 18.6. The van der Waals surface area contributed by atoms with Gasteiger partial charge in [-0.3, -0.25) is 19.1 Å². The van der Waals surface area contributed by atoms with E-state index in [2.05, 4.69) is 17.2 Å². The molecule has 0 aliphatic carbocycles. The van der Waals surface area contributed by atoms with Crippen molar-refractivity contribution >= 4 is 17.8 Å². The van der Waals surface area contributed by atoms with Crippen LogP contribution in [0.3, 0.4) is 0 Å². The number of benzene rings is 1. The molecule has 2 aromatic rings. The lowest BCUT2D eigenvalue weighted by atomic mass is 10.1. The molecule has 0 radical (unpaired) electrons. The van der Waals surface area contributed by atoms with Crippen LogP contribution in [0.2, 0.25) is 0 Å². The van der Waals surface area contributed by atoms with Crippen LogP contribution in [-0.4, -0.2) is 56.2 Å². The predicted octanol–water partition coefficient (Wildman–Crippen LogP) is 4.95. The fourth-order valence-electron chi connectivity index (χ4n) is 4.94. The molecule has 40 heavy (non-hydrogen) atoms. The molecule has 1 aromatic heterocycles. The first-order valence-corrected chi connectivity index (χ1v) is 14.6. The van der Waals surface area contributed by atoms with Gasteiger partial charge in [0, 0.05) is 26.9 Å². The number of esters is 2. The van der Waals surface area contributed by atoms with Gasteiger partial charge >= 0.3 is 11.9 Å². The van der Waals surface area contributed by atoms with Gasteiger partial charge in [-0.15, -0.1) is 5.10 Å². The van der Waals surface area contributed by atoms with E-state index in [4.69, 9.17) is 14.2 Å². The molecule has 3 atom stereocenters. The number of hydrogen-bond acceptors (Lipinski definition) is 8. The third-order valence-electron chi connectivity index (χ3n) is 6.93. The first kappa shape index (κ1) is 31.3. The summed E-state index contributed by atoms with van der Waals surface area (Å²) >= 11 is 0. The molecule has 3 rings (SSSR count). The molecule has 1 amide bonds. The topological polar surface area (TPSA) is 113 Å². The van der Waals surface area contributed by atoms with E-state index in [9.17, 15) is 14.4 Å². The van der Waals surface area contributed by atoms with Crippen LogP contribution in [0.1, 0.15) is 96.2 Å². The average Bonchev–Trinajstić information content (AvgIpc) is 3.47. The molecule has 0 bridgehead atoms. The van der Waals surface area contributed by atoms with E-state index in [1.54, 1.807) is 4.68 Å². The minimum absolute atomic E-state index is 0.0474. The molecular formula is C30H44N4O6. The molecule has 0 saturated carbocycles. The molecular weight excluding hydrogens is 512 g/mol. The van der Waals surface area contributed by atoms with Gasteiger partial charge in [0.05, 0.1) is 12.8 Å². The molecule has 1 fully saturated rings. The highest BCUT2D eigenvalue weighted by molar-refractivity contribution is 5.87. The van der Waals surface area contributed by atoms with Crippen molar-refractivity contribution in [3.8, 4) is 0 Å². The summed E-state index contributed by atoms with van der Waals surface area (Å²) in [6.45, 7) is 5.71. The molecule has 1 unspecified atom stereocenters. The summed E-state index contributed by atoms with van der Waals surface area (Å²) in [5.41, 5.74) is 1.45. The van der Waals surface area contributed by atoms with Crippen LogP contribution in [0, 0.1) is 0 Å². The molecule has 0 spiro atoms. The number of amides is 1. The van der Waals surface area contributed by atoms with Crippen LogP contribution in [-0.2, 0) is 48.3 Å². The SMILES string of the molecule is CCCCCCCCCCCCn1cc(COC2[C@H](OC(C)=O)[C@H](OC(C)=O)C(=O)N2Cc2ccccc2)nn1. The molecule has 0 N–H and O–H groups in total. The lowest BCUT2D eigenvalue weighted by Gasteiger charge is -2.27. The number of carbonyl (C=O) groups excluding carboxylic acids is 3. The van der Waals surface area contributed by atoms with Crippen molar-refractivity contribution in [1.82, 2.24) is 19.9 Å². The number of unbranched alkanes of at least 4 members (excludes halogenated alkanes) is 9. The van der Waals surface area contributed by atoms with E-state index in [1.807, 2.05) is 36.5 Å². The molecule has 10 nitrogen and oxygen atoms in total. The van der Waals surface area contributed by atoms with Crippen molar-refractivity contribution in [3.05, 3.63) is 47.8 Å². The number of rotatable bonds is 18. The average molecular weight is 557 g/mol. The Morgan fingerprint density at radius 1 is 0.875 bits per heavy atom. The van der Waals surface area contributed by atoms with E-state index in [1.165, 1.54) is 70.1 Å². The summed E-state index contributed by atoms with van der Waals surface area (Å²) in [6.07, 6.45) is 11.1. The zero-order chi connectivity index (χ0) is 28.7. The second-order valence-corrected chi connectivity index (χ2v) is 10.4. The van der Waals surface area contributed by atoms with Gasteiger partial charge in [0.1, 0.15) is 5.69 Å². The molecule has 10 heteroatoms. The minimum Gasteiger partial charge on any atom is -0.453 e. The largest absolute Gasteiger partial charge is 0.453 e. The Bertz CT molecular complexity index is 1060. The van der Waals surface area contributed by atoms with Crippen LogP contribution in [0.25, 0.3) is 0 Å². The molecule has 2 heterocycles. The molecule has 1 saturated heterocycles. The maximum atomic E-state index is 13.3. The Hall–Kier alpha value is -3.27. The van der Waals surface area contributed by atoms with Gasteiger partial charge in [0.15, 0.2) is 12.3 Å². The lowest BCUT2D eigenvalue weighted by molar-refractivity contribution is -0.175. The van der Waals surface area contributed by atoms with Crippen molar-refractivity contribution in [2.75, 3.05) is 0 Å². The fraction of sp³-hybridized carbons (Fsp3) is 0.633. The van der Waals surface area contributed by atoms with Crippen molar-refractivity contribution in [2.24, 2.45) is 0 Å². The summed E-state index contributed by atoms with van der Waals surface area (Å²) in [7, 11) is 0. The lowest BCUT2D eigenvalue weighted by Crippen LogP contribution is -2.41. The Kier molecular flexibility index (Phi) is 13.1. The van der Waals surface area contributed by atoms with E-state index < -0.39 is 36.3 Å². The molecule has 1 aliphatic rings. The highest BCUT2D eigenvalue weighted by Crippen LogP contribution is 2.29.